The summed E-state index contributed by atoms with van der Waals surface area (Å²) in [7, 11) is 0. The first kappa shape index (κ1) is 16.0. The summed E-state index contributed by atoms with van der Waals surface area (Å²) in [5.41, 5.74) is 0. The Hall–Kier alpha value is -1.86. The zero-order valence-electron chi connectivity index (χ0n) is 13.4. The van der Waals surface area contributed by atoms with Crippen LogP contribution in [0.15, 0.2) is 22.8 Å². The lowest BCUT2D eigenvalue weighted by Crippen LogP contribution is -2.51. The molecule has 7 heteroatoms. The molecular formula is C16H24N4O3. The Bertz CT molecular complexity index is 523. The number of rotatable bonds is 4. The number of nitrogens with zero attached hydrogens (tertiary/aromatic N) is 3. The van der Waals surface area contributed by atoms with Crippen molar-refractivity contribution in [1.29, 1.82) is 0 Å². The summed E-state index contributed by atoms with van der Waals surface area (Å²) in [6.45, 7) is 6.49. The van der Waals surface area contributed by atoms with E-state index in [9.17, 15) is 9.59 Å². The quantitative estimate of drug-likeness (QED) is 0.828. The van der Waals surface area contributed by atoms with Gasteiger partial charge in [-0.2, -0.15) is 0 Å². The van der Waals surface area contributed by atoms with Crippen molar-refractivity contribution in [3.8, 4) is 0 Å². The normalized spacial score (nSPS) is 21.0. The van der Waals surface area contributed by atoms with Crippen molar-refractivity contribution in [2.75, 3.05) is 52.4 Å². The van der Waals surface area contributed by atoms with Crippen LogP contribution in [0.25, 0.3) is 0 Å². The molecular weight excluding hydrogens is 296 g/mol. The van der Waals surface area contributed by atoms with Crippen molar-refractivity contribution in [2.45, 2.75) is 13.0 Å². The van der Waals surface area contributed by atoms with E-state index in [-0.39, 0.29) is 11.8 Å². The van der Waals surface area contributed by atoms with E-state index in [1.54, 1.807) is 6.26 Å². The van der Waals surface area contributed by atoms with Gasteiger partial charge in [-0.15, -0.1) is 0 Å². The molecule has 2 saturated heterocycles. The highest BCUT2D eigenvalue weighted by atomic mass is 16.3. The maximum Gasteiger partial charge on any atom is 0.236 e. The van der Waals surface area contributed by atoms with Gasteiger partial charge in [-0.25, -0.2) is 0 Å². The number of hydrogen-bond acceptors (Lipinski definition) is 5. The summed E-state index contributed by atoms with van der Waals surface area (Å²) in [4.78, 5) is 30.1. The van der Waals surface area contributed by atoms with E-state index in [2.05, 4.69) is 15.1 Å². The average Bonchev–Trinajstić information content (AvgIpc) is 2.97. The smallest absolute Gasteiger partial charge is 0.236 e. The van der Waals surface area contributed by atoms with Gasteiger partial charge in [0.05, 0.1) is 19.4 Å². The van der Waals surface area contributed by atoms with E-state index >= 15 is 0 Å². The Balaban J connectivity index is 1.42. The third-order valence-electron chi connectivity index (χ3n) is 4.45. The van der Waals surface area contributed by atoms with E-state index in [1.165, 1.54) is 0 Å². The Labute approximate surface area is 136 Å². The first-order valence-corrected chi connectivity index (χ1v) is 8.22. The summed E-state index contributed by atoms with van der Waals surface area (Å²) in [6, 6.07) is 3.88. The summed E-state index contributed by atoms with van der Waals surface area (Å²) in [5, 5.41) is 2.83. The van der Waals surface area contributed by atoms with Crippen LogP contribution < -0.4 is 5.32 Å². The van der Waals surface area contributed by atoms with Gasteiger partial charge >= 0.3 is 0 Å². The fourth-order valence-corrected chi connectivity index (χ4v) is 3.04. The summed E-state index contributed by atoms with van der Waals surface area (Å²) in [5.74, 6) is 1.20. The van der Waals surface area contributed by atoms with Crippen LogP contribution in [0, 0.1) is 0 Å². The van der Waals surface area contributed by atoms with Crippen LogP contribution in [0.1, 0.15) is 12.2 Å². The van der Waals surface area contributed by atoms with Crippen LogP contribution in [0.3, 0.4) is 0 Å². The van der Waals surface area contributed by atoms with Crippen molar-refractivity contribution in [2.24, 2.45) is 0 Å². The highest BCUT2D eigenvalue weighted by Crippen LogP contribution is 2.09. The van der Waals surface area contributed by atoms with Crippen molar-refractivity contribution < 1.29 is 14.0 Å². The molecule has 2 fully saturated rings. The number of hydrogen-bond donors (Lipinski definition) is 1. The van der Waals surface area contributed by atoms with E-state index in [4.69, 9.17) is 4.42 Å². The van der Waals surface area contributed by atoms with Crippen LogP contribution >= 0.6 is 0 Å². The minimum Gasteiger partial charge on any atom is -0.468 e. The summed E-state index contributed by atoms with van der Waals surface area (Å²) >= 11 is 0. The molecule has 3 rings (SSSR count). The third-order valence-corrected chi connectivity index (χ3v) is 4.45. The Morgan fingerprint density at radius 3 is 2.70 bits per heavy atom. The molecule has 0 unspecified atom stereocenters. The number of piperazine rings is 1. The SMILES string of the molecule is O=C1CCN(CC(=O)N2CCN(Cc3ccco3)CC2)CCN1. The van der Waals surface area contributed by atoms with Crippen LogP contribution in [0.4, 0.5) is 0 Å². The van der Waals surface area contributed by atoms with E-state index in [0.717, 1.165) is 45.0 Å². The fourth-order valence-electron chi connectivity index (χ4n) is 3.04. The Morgan fingerprint density at radius 1 is 1.13 bits per heavy atom. The molecule has 1 aromatic rings. The largest absolute Gasteiger partial charge is 0.468 e. The minimum absolute atomic E-state index is 0.0755. The van der Waals surface area contributed by atoms with Gasteiger partial charge in [-0.3, -0.25) is 19.4 Å². The number of carbonyl (C=O) groups excluding carboxylic acids is 2. The predicted molar refractivity (Wildman–Crippen MR) is 84.6 cm³/mol. The van der Waals surface area contributed by atoms with Gasteiger partial charge < -0.3 is 14.6 Å². The third kappa shape index (κ3) is 4.56. The van der Waals surface area contributed by atoms with E-state index in [0.29, 0.717) is 26.1 Å². The molecule has 3 heterocycles. The van der Waals surface area contributed by atoms with Crippen molar-refractivity contribution >= 4 is 11.8 Å². The highest BCUT2D eigenvalue weighted by Gasteiger charge is 2.24. The van der Waals surface area contributed by atoms with Gasteiger partial charge in [0, 0.05) is 52.2 Å². The Morgan fingerprint density at radius 2 is 1.96 bits per heavy atom. The van der Waals surface area contributed by atoms with Crippen molar-refractivity contribution in [3.05, 3.63) is 24.2 Å². The highest BCUT2D eigenvalue weighted by molar-refractivity contribution is 5.79. The molecule has 23 heavy (non-hydrogen) atoms. The molecule has 0 atom stereocenters. The zero-order valence-corrected chi connectivity index (χ0v) is 13.4. The molecule has 1 aromatic heterocycles. The number of nitrogens with one attached hydrogen (secondary N) is 1. The first-order chi connectivity index (χ1) is 11.2. The molecule has 0 spiro atoms. The van der Waals surface area contributed by atoms with Crippen LogP contribution in [-0.4, -0.2) is 78.9 Å². The molecule has 2 aliphatic rings. The molecule has 1 N–H and O–H groups in total. The number of carbonyl (C=O) groups is 2. The second-order valence-corrected chi connectivity index (χ2v) is 6.11. The first-order valence-electron chi connectivity index (χ1n) is 8.22. The number of amides is 2. The molecule has 126 valence electrons. The van der Waals surface area contributed by atoms with Crippen LogP contribution in [0.2, 0.25) is 0 Å². The lowest BCUT2D eigenvalue weighted by Gasteiger charge is -2.35. The van der Waals surface area contributed by atoms with Crippen molar-refractivity contribution in [3.63, 3.8) is 0 Å². The summed E-state index contributed by atoms with van der Waals surface area (Å²) in [6.07, 6.45) is 2.17. The minimum atomic E-state index is 0.0755. The van der Waals surface area contributed by atoms with E-state index < -0.39 is 0 Å². The van der Waals surface area contributed by atoms with Gasteiger partial charge in [-0.05, 0) is 12.1 Å². The van der Waals surface area contributed by atoms with Crippen LogP contribution in [-0.2, 0) is 16.1 Å². The standard InChI is InChI=1S/C16H24N4O3/c21-15-3-5-18(6-4-17-15)13-16(22)20-9-7-19(8-10-20)12-14-2-1-11-23-14/h1-2,11H,3-10,12-13H2,(H,17,21). The second-order valence-electron chi connectivity index (χ2n) is 6.11. The van der Waals surface area contributed by atoms with Crippen LogP contribution in [0.5, 0.6) is 0 Å². The summed E-state index contributed by atoms with van der Waals surface area (Å²) < 4.78 is 5.37. The molecule has 0 aromatic carbocycles. The van der Waals surface area contributed by atoms with Gasteiger partial charge in [0.1, 0.15) is 5.76 Å². The van der Waals surface area contributed by atoms with Gasteiger partial charge in [0.25, 0.3) is 0 Å². The van der Waals surface area contributed by atoms with Gasteiger partial charge in [0.2, 0.25) is 11.8 Å². The maximum atomic E-state index is 12.4. The van der Waals surface area contributed by atoms with Gasteiger partial charge in [-0.1, -0.05) is 0 Å². The van der Waals surface area contributed by atoms with Gasteiger partial charge in [0.15, 0.2) is 0 Å². The van der Waals surface area contributed by atoms with E-state index in [1.807, 2.05) is 17.0 Å². The lowest BCUT2D eigenvalue weighted by molar-refractivity contribution is -0.134. The molecule has 0 bridgehead atoms. The molecule has 0 radical (unpaired) electrons. The van der Waals surface area contributed by atoms with Crippen molar-refractivity contribution in [1.82, 2.24) is 20.0 Å². The average molecular weight is 320 g/mol. The molecule has 0 aliphatic carbocycles. The Kier molecular flexibility index (Phi) is 5.30. The monoisotopic (exact) mass is 320 g/mol. The molecule has 2 aliphatic heterocycles. The second kappa shape index (κ2) is 7.61. The topological polar surface area (TPSA) is 69.0 Å². The number of furan rings is 1. The predicted octanol–water partition coefficient (Wildman–Crippen LogP) is -0.254. The molecule has 0 saturated carbocycles. The zero-order chi connectivity index (χ0) is 16.1. The molecule has 7 nitrogen and oxygen atoms in total. The molecule has 2 amide bonds. The maximum absolute atomic E-state index is 12.4. The lowest BCUT2D eigenvalue weighted by atomic mass is 10.2. The fraction of sp³-hybridized carbons (Fsp3) is 0.625.